The smallest absolute Gasteiger partial charge is 0.173 e. The maximum absolute atomic E-state index is 5.76. The van der Waals surface area contributed by atoms with Crippen LogP contribution in [0.3, 0.4) is 0 Å². The fourth-order valence-electron chi connectivity index (χ4n) is 3.26. The van der Waals surface area contributed by atoms with Gasteiger partial charge < -0.3 is 15.0 Å². The van der Waals surface area contributed by atoms with Gasteiger partial charge in [0.25, 0.3) is 0 Å². The Bertz CT molecular complexity index is 745. The highest BCUT2D eigenvalue weighted by Gasteiger charge is 2.18. The molecule has 4 heteroatoms. The molecule has 1 N–H and O–H groups in total. The van der Waals surface area contributed by atoms with E-state index in [0.717, 1.165) is 36.1 Å². The Kier molecular flexibility index (Phi) is 6.67. The molecule has 26 heavy (non-hydrogen) atoms. The van der Waals surface area contributed by atoms with Crippen molar-refractivity contribution in [3.05, 3.63) is 72.3 Å². The standard InChI is InChI=1S/C22H26N2OS/c1-25-21-14-8-13-20(15-21)23-22(26)24(16-18-9-4-2-5-10-18)17-19-11-6-3-7-12-19/h2-6,8-10,13-15,19H,7,11-12,16-17H2,1H3,(H,23,26). The number of hydrogen-bond donors (Lipinski definition) is 1. The van der Waals surface area contributed by atoms with E-state index in [1.807, 2.05) is 30.3 Å². The van der Waals surface area contributed by atoms with Crippen molar-refractivity contribution in [2.45, 2.75) is 25.8 Å². The summed E-state index contributed by atoms with van der Waals surface area (Å²) in [5.74, 6) is 1.47. The third kappa shape index (κ3) is 5.33. The van der Waals surface area contributed by atoms with Crippen LogP contribution >= 0.6 is 12.2 Å². The summed E-state index contributed by atoms with van der Waals surface area (Å²) < 4.78 is 5.31. The summed E-state index contributed by atoms with van der Waals surface area (Å²) in [5.41, 5.74) is 2.23. The maximum atomic E-state index is 5.76. The summed E-state index contributed by atoms with van der Waals surface area (Å²) in [7, 11) is 1.68. The molecule has 2 aromatic rings. The Morgan fingerprint density at radius 1 is 1.15 bits per heavy atom. The minimum Gasteiger partial charge on any atom is -0.497 e. The fourth-order valence-corrected chi connectivity index (χ4v) is 3.52. The third-order valence-corrected chi connectivity index (χ3v) is 5.04. The lowest BCUT2D eigenvalue weighted by atomic mass is 9.94. The molecule has 136 valence electrons. The number of allylic oxidation sites excluding steroid dienone is 2. The first-order valence-corrected chi connectivity index (χ1v) is 9.54. The van der Waals surface area contributed by atoms with E-state index in [1.165, 1.54) is 18.4 Å². The van der Waals surface area contributed by atoms with Crippen LogP contribution in [0.15, 0.2) is 66.7 Å². The van der Waals surface area contributed by atoms with E-state index < -0.39 is 0 Å². The Hall–Kier alpha value is -2.33. The van der Waals surface area contributed by atoms with Gasteiger partial charge in [0.1, 0.15) is 5.75 Å². The molecule has 0 amide bonds. The molecule has 0 aliphatic heterocycles. The molecule has 2 aromatic carbocycles. The first kappa shape index (κ1) is 18.5. The summed E-state index contributed by atoms with van der Waals surface area (Å²) in [5, 5.41) is 4.15. The summed E-state index contributed by atoms with van der Waals surface area (Å²) >= 11 is 5.76. The van der Waals surface area contributed by atoms with Crippen molar-refractivity contribution in [2.24, 2.45) is 5.92 Å². The number of hydrogen-bond acceptors (Lipinski definition) is 2. The van der Waals surface area contributed by atoms with Gasteiger partial charge in [-0.25, -0.2) is 0 Å². The Balaban J connectivity index is 1.72. The zero-order valence-corrected chi connectivity index (χ0v) is 16.0. The molecule has 0 heterocycles. The number of anilines is 1. The van der Waals surface area contributed by atoms with Crippen molar-refractivity contribution in [3.8, 4) is 5.75 Å². The van der Waals surface area contributed by atoms with Gasteiger partial charge in [0.05, 0.1) is 7.11 Å². The summed E-state index contributed by atoms with van der Waals surface area (Å²) in [6, 6.07) is 18.4. The van der Waals surface area contributed by atoms with Crippen molar-refractivity contribution in [3.63, 3.8) is 0 Å². The number of thiocarbonyl (C=S) groups is 1. The topological polar surface area (TPSA) is 24.5 Å². The zero-order valence-electron chi connectivity index (χ0n) is 15.2. The lowest BCUT2D eigenvalue weighted by Gasteiger charge is -2.31. The van der Waals surface area contributed by atoms with Gasteiger partial charge in [0.15, 0.2) is 5.11 Å². The van der Waals surface area contributed by atoms with Crippen molar-refractivity contribution < 1.29 is 4.74 Å². The van der Waals surface area contributed by atoms with Gasteiger partial charge in [-0.2, -0.15) is 0 Å². The minimum absolute atomic E-state index is 0.647. The van der Waals surface area contributed by atoms with Crippen LogP contribution in [0, 0.1) is 5.92 Å². The van der Waals surface area contributed by atoms with Crippen molar-refractivity contribution in [2.75, 3.05) is 19.0 Å². The predicted molar refractivity (Wildman–Crippen MR) is 113 cm³/mol. The van der Waals surface area contributed by atoms with E-state index in [0.29, 0.717) is 5.92 Å². The van der Waals surface area contributed by atoms with Crippen LogP contribution in [0.2, 0.25) is 0 Å². The lowest BCUT2D eigenvalue weighted by Crippen LogP contribution is -2.38. The van der Waals surface area contributed by atoms with Crippen LogP contribution in [0.1, 0.15) is 24.8 Å². The maximum Gasteiger partial charge on any atom is 0.173 e. The van der Waals surface area contributed by atoms with Gasteiger partial charge in [-0.05, 0) is 55.1 Å². The van der Waals surface area contributed by atoms with Crippen LogP contribution in [0.4, 0.5) is 5.69 Å². The molecule has 3 rings (SSSR count). The van der Waals surface area contributed by atoms with E-state index in [9.17, 15) is 0 Å². The van der Waals surface area contributed by atoms with E-state index in [1.54, 1.807) is 7.11 Å². The lowest BCUT2D eigenvalue weighted by molar-refractivity contribution is 0.319. The first-order chi connectivity index (χ1) is 12.7. The van der Waals surface area contributed by atoms with Crippen LogP contribution in [0.25, 0.3) is 0 Å². The van der Waals surface area contributed by atoms with Crippen LogP contribution in [-0.2, 0) is 6.54 Å². The van der Waals surface area contributed by atoms with E-state index in [2.05, 4.69) is 46.6 Å². The SMILES string of the molecule is COc1cccc(NC(=S)N(Cc2ccccc2)CC2CC=CCC2)c1. The van der Waals surface area contributed by atoms with E-state index in [-0.39, 0.29) is 0 Å². The van der Waals surface area contributed by atoms with Gasteiger partial charge in [-0.1, -0.05) is 48.6 Å². The van der Waals surface area contributed by atoms with E-state index >= 15 is 0 Å². The second-order valence-corrected chi connectivity index (χ2v) is 7.07. The highest BCUT2D eigenvalue weighted by molar-refractivity contribution is 7.80. The van der Waals surface area contributed by atoms with Crippen LogP contribution < -0.4 is 10.1 Å². The van der Waals surface area contributed by atoms with Crippen LogP contribution in [-0.4, -0.2) is 23.7 Å². The molecule has 1 unspecified atom stereocenters. The van der Waals surface area contributed by atoms with Gasteiger partial charge in [-0.3, -0.25) is 0 Å². The van der Waals surface area contributed by atoms with Crippen molar-refractivity contribution in [1.29, 1.82) is 0 Å². The normalized spacial score (nSPS) is 16.1. The molecule has 0 saturated heterocycles. The first-order valence-electron chi connectivity index (χ1n) is 9.13. The monoisotopic (exact) mass is 366 g/mol. The second kappa shape index (κ2) is 9.39. The molecule has 0 radical (unpaired) electrons. The van der Waals surface area contributed by atoms with Crippen molar-refractivity contribution >= 4 is 23.0 Å². The van der Waals surface area contributed by atoms with Gasteiger partial charge >= 0.3 is 0 Å². The minimum atomic E-state index is 0.647. The number of nitrogens with zero attached hydrogens (tertiary/aromatic N) is 1. The summed E-state index contributed by atoms with van der Waals surface area (Å²) in [4.78, 5) is 2.29. The van der Waals surface area contributed by atoms with Gasteiger partial charge in [0, 0.05) is 24.8 Å². The quantitative estimate of drug-likeness (QED) is 0.557. The Morgan fingerprint density at radius 2 is 2.00 bits per heavy atom. The molecule has 0 fully saturated rings. The predicted octanol–water partition coefficient (Wildman–Crippen LogP) is 5.25. The molecule has 0 spiro atoms. The zero-order chi connectivity index (χ0) is 18.2. The number of benzene rings is 2. The molecule has 3 nitrogen and oxygen atoms in total. The Morgan fingerprint density at radius 3 is 2.73 bits per heavy atom. The average Bonchev–Trinajstić information content (AvgIpc) is 2.69. The molecule has 0 aromatic heterocycles. The molecule has 0 bridgehead atoms. The summed E-state index contributed by atoms with van der Waals surface area (Å²) in [6.07, 6.45) is 8.11. The molecule has 1 aliphatic rings. The van der Waals surface area contributed by atoms with Gasteiger partial charge in [0.2, 0.25) is 0 Å². The molecule has 1 aliphatic carbocycles. The highest BCUT2D eigenvalue weighted by Crippen LogP contribution is 2.22. The van der Waals surface area contributed by atoms with Crippen molar-refractivity contribution in [1.82, 2.24) is 4.90 Å². The average molecular weight is 367 g/mol. The van der Waals surface area contributed by atoms with E-state index in [4.69, 9.17) is 17.0 Å². The highest BCUT2D eigenvalue weighted by atomic mass is 32.1. The largest absolute Gasteiger partial charge is 0.497 e. The molecular formula is C22H26N2OS. The third-order valence-electron chi connectivity index (χ3n) is 4.68. The number of ether oxygens (including phenoxy) is 1. The Labute approximate surface area is 161 Å². The fraction of sp³-hybridized carbons (Fsp3) is 0.318. The molecular weight excluding hydrogens is 340 g/mol. The number of methoxy groups -OCH3 is 1. The number of rotatable bonds is 6. The van der Waals surface area contributed by atoms with Gasteiger partial charge in [-0.15, -0.1) is 0 Å². The second-order valence-electron chi connectivity index (χ2n) is 6.68. The number of nitrogens with one attached hydrogen (secondary N) is 1. The summed E-state index contributed by atoms with van der Waals surface area (Å²) in [6.45, 7) is 1.78. The molecule has 0 saturated carbocycles. The molecule has 1 atom stereocenters. The van der Waals surface area contributed by atoms with Crippen LogP contribution in [0.5, 0.6) is 5.75 Å².